The second kappa shape index (κ2) is 21.8. The Morgan fingerprint density at radius 1 is 0.920 bits per heavy atom. The Bertz CT molecular complexity index is 1300. The van der Waals surface area contributed by atoms with E-state index in [0.29, 0.717) is 78.3 Å². The molecule has 0 bridgehead atoms. The molecule has 1 fully saturated rings. The minimum absolute atomic E-state index is 0.0302. The molecule has 286 valence electrons. The Morgan fingerprint density at radius 3 is 2.20 bits per heavy atom. The van der Waals surface area contributed by atoms with Crippen molar-refractivity contribution in [2.75, 3.05) is 0 Å². The van der Waals surface area contributed by atoms with Crippen molar-refractivity contribution in [3.63, 3.8) is 0 Å². The summed E-state index contributed by atoms with van der Waals surface area (Å²) < 4.78 is 5.52. The summed E-state index contributed by atoms with van der Waals surface area (Å²) in [5.41, 5.74) is 3.24. The van der Waals surface area contributed by atoms with E-state index >= 15 is 0 Å². The Labute approximate surface area is 311 Å². The fourth-order valence-electron chi connectivity index (χ4n) is 8.30. The first-order chi connectivity index (χ1) is 23.4. The van der Waals surface area contributed by atoms with Crippen molar-refractivity contribution in [3.8, 4) is 0 Å². The number of hydrogen-bond acceptors (Lipinski definition) is 6. The van der Waals surface area contributed by atoms with Crippen molar-refractivity contribution in [3.05, 3.63) is 22.0 Å². The molecule has 10 atom stereocenters. The van der Waals surface area contributed by atoms with Gasteiger partial charge < -0.3 is 9.52 Å². The topological polar surface area (TPSA) is 84.6 Å². The van der Waals surface area contributed by atoms with Gasteiger partial charge in [-0.05, 0) is 119 Å². The van der Waals surface area contributed by atoms with Gasteiger partial charge >= 0.3 is 0 Å². The number of hydrogen-bond donors (Lipinski definition) is 2. The lowest BCUT2D eigenvalue weighted by Crippen LogP contribution is -2.30. The molecule has 1 N–H and O–H groups in total. The molecular weight excluding hydrogens is 641 g/mol. The number of carbonyl (C=O) groups is 3. The Hall–Kier alpha value is -1.66. The first-order valence-electron chi connectivity index (χ1n) is 20.1. The third-order valence-corrected chi connectivity index (χ3v) is 13.6. The van der Waals surface area contributed by atoms with Crippen molar-refractivity contribution in [1.82, 2.24) is 0 Å². The molecule has 0 amide bonds. The quantitative estimate of drug-likeness (QED) is 0.104. The second-order valence-corrected chi connectivity index (χ2v) is 17.8. The number of aliphatic hydroxyl groups excluding tert-OH is 1. The van der Waals surface area contributed by atoms with Crippen molar-refractivity contribution < 1.29 is 23.9 Å². The molecule has 0 spiro atoms. The Morgan fingerprint density at radius 2 is 1.60 bits per heavy atom. The lowest BCUT2D eigenvalue weighted by atomic mass is 9.67. The molecule has 0 radical (unpaired) electrons. The molecule has 1 heterocycles. The molecule has 1 aliphatic rings. The van der Waals surface area contributed by atoms with E-state index in [9.17, 15) is 19.5 Å². The Balaban J connectivity index is 1.75. The van der Waals surface area contributed by atoms with E-state index in [1.807, 2.05) is 13.8 Å². The molecule has 0 aromatic carbocycles. The van der Waals surface area contributed by atoms with Gasteiger partial charge in [0.05, 0.1) is 6.10 Å². The molecule has 5 unspecified atom stereocenters. The Kier molecular flexibility index (Phi) is 19.4. The maximum atomic E-state index is 13.2. The van der Waals surface area contributed by atoms with Gasteiger partial charge in [-0.15, -0.1) is 0 Å². The number of thiol groups is 1. The van der Waals surface area contributed by atoms with Gasteiger partial charge in [0.1, 0.15) is 28.2 Å². The van der Waals surface area contributed by atoms with Crippen LogP contribution in [-0.2, 0) is 20.8 Å². The van der Waals surface area contributed by atoms with Crippen molar-refractivity contribution in [2.24, 2.45) is 53.3 Å². The van der Waals surface area contributed by atoms with Crippen LogP contribution >= 0.6 is 12.6 Å². The number of rotatable bonds is 24. The highest BCUT2D eigenvalue weighted by Gasteiger charge is 2.32. The van der Waals surface area contributed by atoms with Gasteiger partial charge in [0, 0.05) is 41.9 Å². The fraction of sp³-hybridized carbons (Fsp3) is 0.795. The summed E-state index contributed by atoms with van der Waals surface area (Å²) in [5.74, 6) is 4.38. The molecule has 1 saturated carbocycles. The normalized spacial score (nSPS) is 22.4. The zero-order valence-electron chi connectivity index (χ0n) is 33.4. The van der Waals surface area contributed by atoms with Crippen LogP contribution in [0.1, 0.15) is 156 Å². The van der Waals surface area contributed by atoms with E-state index in [-0.39, 0.29) is 46.6 Å². The van der Waals surface area contributed by atoms with Crippen LogP contribution in [0.5, 0.6) is 0 Å². The highest BCUT2D eigenvalue weighted by molar-refractivity contribution is 7.81. The molecule has 2 rings (SSSR count). The maximum Gasteiger partial charge on any atom is 0.136 e. The highest BCUT2D eigenvalue weighted by atomic mass is 32.1. The third kappa shape index (κ3) is 14.4. The molecule has 6 heteroatoms. The van der Waals surface area contributed by atoms with E-state index < -0.39 is 0 Å². The zero-order valence-corrected chi connectivity index (χ0v) is 34.3. The summed E-state index contributed by atoms with van der Waals surface area (Å²) >= 11 is 4.95. The summed E-state index contributed by atoms with van der Waals surface area (Å²) in [6.45, 7) is 26.8. The average Bonchev–Trinajstić information content (AvgIpc) is 3.31. The molecule has 5 nitrogen and oxygen atoms in total. The predicted molar refractivity (Wildman–Crippen MR) is 213 cm³/mol. The van der Waals surface area contributed by atoms with Crippen LogP contribution < -0.4 is 10.8 Å². The van der Waals surface area contributed by atoms with Gasteiger partial charge in [-0.2, -0.15) is 12.6 Å². The van der Waals surface area contributed by atoms with Crippen LogP contribution in [0.4, 0.5) is 0 Å². The lowest BCUT2D eigenvalue weighted by Gasteiger charge is -2.39. The molecule has 0 saturated heterocycles. The van der Waals surface area contributed by atoms with Crippen LogP contribution in [0, 0.1) is 60.2 Å². The lowest BCUT2D eigenvalue weighted by molar-refractivity contribution is -0.122. The summed E-state index contributed by atoms with van der Waals surface area (Å²) in [4.78, 5) is 37.7. The zero-order chi connectivity index (χ0) is 37.7. The average molecular weight is 715 g/mol. The van der Waals surface area contributed by atoms with E-state index in [1.54, 1.807) is 6.92 Å². The monoisotopic (exact) mass is 715 g/mol. The standard InChI is InChI=1S/C44H74O5S/c1-27(2)38(26-39(46)21-22-40-32(7)35(10)49-36(40)11)13-12-14-43(48)33(8)44(50)24-18-30(5)41-25-37(19-15-29(41)4)20-16-31(6)42(47)23-17-28(3)34(9)45/h27-31,33,37-38,41-42,44,47,50H,10-26H2,1-9H3/t28-,29?,30+,31+,33+,37?,38?,41?,42?,44-/m0/s1. The van der Waals surface area contributed by atoms with Crippen LogP contribution in [-0.4, -0.2) is 33.8 Å². The second-order valence-electron chi connectivity index (χ2n) is 17.1. The number of Topliss-reactive ketones (excluding diaryl/α,β-unsaturated/α-hetero) is 3. The maximum absolute atomic E-state index is 13.2. The van der Waals surface area contributed by atoms with Gasteiger partial charge in [-0.1, -0.05) is 80.9 Å². The predicted octanol–water partition coefficient (Wildman–Crippen LogP) is 9.50. The molecule has 0 aliphatic heterocycles. The van der Waals surface area contributed by atoms with E-state index in [2.05, 4.69) is 54.7 Å². The summed E-state index contributed by atoms with van der Waals surface area (Å²) in [5, 5.41) is 10.8. The van der Waals surface area contributed by atoms with Gasteiger partial charge in [0.25, 0.3) is 0 Å². The van der Waals surface area contributed by atoms with Crippen LogP contribution in [0.25, 0.3) is 13.2 Å². The van der Waals surface area contributed by atoms with Crippen molar-refractivity contribution >= 4 is 43.1 Å². The molecular formula is C44H74O5S. The third-order valence-electron chi connectivity index (χ3n) is 12.9. The van der Waals surface area contributed by atoms with Crippen LogP contribution in [0.3, 0.4) is 0 Å². The first kappa shape index (κ1) is 44.5. The number of furan rings is 1. The van der Waals surface area contributed by atoms with E-state index in [1.165, 1.54) is 25.7 Å². The van der Waals surface area contributed by atoms with Crippen molar-refractivity contribution in [2.45, 2.75) is 170 Å². The molecule has 1 aromatic rings. The first-order valence-corrected chi connectivity index (χ1v) is 20.6. The van der Waals surface area contributed by atoms with E-state index in [0.717, 1.165) is 49.7 Å². The van der Waals surface area contributed by atoms with Crippen LogP contribution in [0.15, 0.2) is 4.42 Å². The number of ketones is 3. The van der Waals surface area contributed by atoms with Gasteiger partial charge in [0.2, 0.25) is 0 Å². The fourth-order valence-corrected chi connectivity index (χ4v) is 8.62. The van der Waals surface area contributed by atoms with Crippen molar-refractivity contribution in [1.29, 1.82) is 0 Å². The SMILES string of the molecule is C=c1oc(=C)c(CCC(=O)CC(CCCC(=O)[C@@H](C)[C@@H](S)CC[C@@H](C)C2CC(CC[C@@H](C)C(O)CC[C@H](C)C(C)=O)CCC2C)C(C)C)c1C. The minimum Gasteiger partial charge on any atom is -0.458 e. The number of carbonyl (C=O) groups excluding carboxylic acids is 3. The number of aliphatic hydroxyl groups is 1. The van der Waals surface area contributed by atoms with Gasteiger partial charge in [-0.3, -0.25) is 14.4 Å². The van der Waals surface area contributed by atoms with Gasteiger partial charge in [-0.25, -0.2) is 0 Å². The summed E-state index contributed by atoms with van der Waals surface area (Å²) in [6, 6.07) is 0. The summed E-state index contributed by atoms with van der Waals surface area (Å²) in [6.07, 6.45) is 13.2. The van der Waals surface area contributed by atoms with E-state index in [4.69, 9.17) is 17.0 Å². The largest absolute Gasteiger partial charge is 0.458 e. The summed E-state index contributed by atoms with van der Waals surface area (Å²) in [7, 11) is 0. The highest BCUT2D eigenvalue weighted by Crippen LogP contribution is 2.42. The molecule has 1 aliphatic carbocycles. The minimum atomic E-state index is -0.329. The molecule has 1 aromatic heterocycles. The smallest absolute Gasteiger partial charge is 0.136 e. The molecule has 50 heavy (non-hydrogen) atoms. The van der Waals surface area contributed by atoms with Crippen LogP contribution in [0.2, 0.25) is 0 Å². The van der Waals surface area contributed by atoms with Gasteiger partial charge in [0.15, 0.2) is 0 Å².